The van der Waals surface area contributed by atoms with Gasteiger partial charge in [0, 0.05) is 24.5 Å². The van der Waals surface area contributed by atoms with Crippen LogP contribution in [0.25, 0.3) is 0 Å². The van der Waals surface area contributed by atoms with Crippen molar-refractivity contribution in [3.05, 3.63) is 59.4 Å². The molecule has 0 bridgehead atoms. The second-order valence-electron chi connectivity index (χ2n) is 4.99. The fourth-order valence-corrected chi connectivity index (χ4v) is 2.26. The Hall–Kier alpha value is -1.68. The summed E-state index contributed by atoms with van der Waals surface area (Å²) in [6.07, 6.45) is 3.04. The largest absolute Gasteiger partial charge is 0.346 e. The van der Waals surface area contributed by atoms with Crippen LogP contribution in [0.5, 0.6) is 0 Å². The normalized spacial score (nSPS) is 12.6. The van der Waals surface area contributed by atoms with Gasteiger partial charge in [0.2, 0.25) is 0 Å². The zero-order valence-corrected chi connectivity index (χ0v) is 11.9. The third-order valence-corrected chi connectivity index (χ3v) is 3.35. The lowest BCUT2D eigenvalue weighted by Crippen LogP contribution is -2.22. The van der Waals surface area contributed by atoms with Gasteiger partial charge in [0.05, 0.1) is 0 Å². The minimum atomic E-state index is -0.806. The third-order valence-electron chi connectivity index (χ3n) is 3.35. The monoisotopic (exact) mass is 278 g/mol. The van der Waals surface area contributed by atoms with Gasteiger partial charge in [-0.2, -0.15) is 0 Å². The summed E-state index contributed by atoms with van der Waals surface area (Å²) in [4.78, 5) is 0. The SMILES string of the molecule is CCCNC(C)c1cccn1Cc1ccc(F)c(F)c1. The molecule has 0 spiro atoms. The summed E-state index contributed by atoms with van der Waals surface area (Å²) < 4.78 is 28.2. The Morgan fingerprint density at radius 1 is 1.20 bits per heavy atom. The van der Waals surface area contributed by atoms with Crippen molar-refractivity contribution in [2.24, 2.45) is 0 Å². The van der Waals surface area contributed by atoms with Gasteiger partial charge >= 0.3 is 0 Å². The number of hydrogen-bond donors (Lipinski definition) is 1. The smallest absolute Gasteiger partial charge is 0.159 e. The third kappa shape index (κ3) is 3.45. The first-order valence-corrected chi connectivity index (χ1v) is 6.94. The van der Waals surface area contributed by atoms with Crippen LogP contribution in [-0.2, 0) is 6.54 Å². The van der Waals surface area contributed by atoms with Gasteiger partial charge in [-0.05, 0) is 49.7 Å². The molecule has 2 nitrogen and oxygen atoms in total. The van der Waals surface area contributed by atoms with E-state index in [0.29, 0.717) is 6.54 Å². The van der Waals surface area contributed by atoms with Crippen molar-refractivity contribution < 1.29 is 8.78 Å². The van der Waals surface area contributed by atoms with E-state index in [0.717, 1.165) is 24.2 Å². The number of hydrogen-bond acceptors (Lipinski definition) is 1. The summed E-state index contributed by atoms with van der Waals surface area (Å²) >= 11 is 0. The van der Waals surface area contributed by atoms with Crippen LogP contribution in [0.1, 0.15) is 37.6 Å². The lowest BCUT2D eigenvalue weighted by molar-refractivity contribution is 0.505. The molecule has 0 aliphatic carbocycles. The Labute approximate surface area is 118 Å². The van der Waals surface area contributed by atoms with E-state index in [-0.39, 0.29) is 6.04 Å². The topological polar surface area (TPSA) is 17.0 Å². The molecule has 1 heterocycles. The predicted octanol–water partition coefficient (Wildman–Crippen LogP) is 3.88. The lowest BCUT2D eigenvalue weighted by atomic mass is 10.2. The molecule has 2 rings (SSSR count). The van der Waals surface area contributed by atoms with E-state index in [9.17, 15) is 8.78 Å². The molecule has 4 heteroatoms. The molecular formula is C16H20F2N2. The summed E-state index contributed by atoms with van der Waals surface area (Å²) in [7, 11) is 0. The molecular weight excluding hydrogens is 258 g/mol. The van der Waals surface area contributed by atoms with E-state index in [4.69, 9.17) is 0 Å². The Morgan fingerprint density at radius 2 is 2.00 bits per heavy atom. The summed E-state index contributed by atoms with van der Waals surface area (Å²) in [5.41, 5.74) is 1.90. The van der Waals surface area contributed by atoms with Gasteiger partial charge in [0.25, 0.3) is 0 Å². The second kappa shape index (κ2) is 6.66. The maximum atomic E-state index is 13.2. The van der Waals surface area contributed by atoms with Gasteiger partial charge in [-0.15, -0.1) is 0 Å². The molecule has 1 unspecified atom stereocenters. The Morgan fingerprint density at radius 3 is 2.70 bits per heavy atom. The van der Waals surface area contributed by atoms with Crippen molar-refractivity contribution in [3.8, 4) is 0 Å². The fourth-order valence-electron chi connectivity index (χ4n) is 2.26. The molecule has 0 saturated carbocycles. The zero-order valence-electron chi connectivity index (χ0n) is 11.9. The molecule has 0 fully saturated rings. The minimum Gasteiger partial charge on any atom is -0.346 e. The van der Waals surface area contributed by atoms with Crippen molar-refractivity contribution in [1.82, 2.24) is 9.88 Å². The quantitative estimate of drug-likeness (QED) is 0.848. The van der Waals surface area contributed by atoms with E-state index in [1.54, 1.807) is 6.07 Å². The Balaban J connectivity index is 2.13. The first kappa shape index (κ1) is 14.7. The number of aromatic nitrogens is 1. The van der Waals surface area contributed by atoms with E-state index in [2.05, 4.69) is 23.7 Å². The molecule has 0 radical (unpaired) electrons. The van der Waals surface area contributed by atoms with E-state index < -0.39 is 11.6 Å². The molecule has 0 saturated heterocycles. The van der Waals surface area contributed by atoms with Crippen molar-refractivity contribution in [1.29, 1.82) is 0 Å². The average molecular weight is 278 g/mol. The molecule has 1 aromatic heterocycles. The Kier molecular flexibility index (Phi) is 4.90. The van der Waals surface area contributed by atoms with E-state index in [1.165, 1.54) is 12.1 Å². The molecule has 2 aromatic rings. The first-order chi connectivity index (χ1) is 9.61. The number of benzene rings is 1. The summed E-state index contributed by atoms with van der Waals surface area (Å²) in [6, 6.07) is 8.30. The van der Waals surface area contributed by atoms with Gasteiger partial charge in [0.1, 0.15) is 0 Å². The van der Waals surface area contributed by atoms with Crippen LogP contribution in [-0.4, -0.2) is 11.1 Å². The van der Waals surface area contributed by atoms with E-state index in [1.807, 2.05) is 18.3 Å². The summed E-state index contributed by atoms with van der Waals surface area (Å²) in [5.74, 6) is -1.60. The zero-order chi connectivity index (χ0) is 14.5. The molecule has 0 amide bonds. The average Bonchev–Trinajstić information content (AvgIpc) is 2.88. The Bertz CT molecular complexity index is 563. The molecule has 0 aliphatic rings. The van der Waals surface area contributed by atoms with Crippen LogP contribution in [0.3, 0.4) is 0 Å². The number of nitrogens with one attached hydrogen (secondary N) is 1. The van der Waals surface area contributed by atoms with Crippen LogP contribution in [0.4, 0.5) is 8.78 Å². The van der Waals surface area contributed by atoms with Crippen LogP contribution in [0.2, 0.25) is 0 Å². The predicted molar refractivity (Wildman–Crippen MR) is 76.6 cm³/mol. The summed E-state index contributed by atoms with van der Waals surface area (Å²) in [6.45, 7) is 5.72. The van der Waals surface area contributed by atoms with Crippen molar-refractivity contribution in [2.75, 3.05) is 6.54 Å². The molecule has 1 atom stereocenters. The van der Waals surface area contributed by atoms with Crippen LogP contribution in [0.15, 0.2) is 36.5 Å². The number of nitrogens with zero attached hydrogens (tertiary/aromatic N) is 1. The molecule has 0 aliphatic heterocycles. The lowest BCUT2D eigenvalue weighted by Gasteiger charge is -2.17. The van der Waals surface area contributed by atoms with E-state index >= 15 is 0 Å². The van der Waals surface area contributed by atoms with Gasteiger partial charge in [0.15, 0.2) is 11.6 Å². The molecule has 1 aromatic carbocycles. The van der Waals surface area contributed by atoms with Gasteiger partial charge in [-0.3, -0.25) is 0 Å². The van der Waals surface area contributed by atoms with Crippen LogP contribution in [0, 0.1) is 11.6 Å². The number of rotatable bonds is 6. The minimum absolute atomic E-state index is 0.232. The highest BCUT2D eigenvalue weighted by molar-refractivity contribution is 5.20. The molecule has 1 N–H and O–H groups in total. The van der Waals surface area contributed by atoms with Crippen LogP contribution < -0.4 is 5.32 Å². The fraction of sp³-hybridized carbons (Fsp3) is 0.375. The van der Waals surface area contributed by atoms with Crippen molar-refractivity contribution in [2.45, 2.75) is 32.9 Å². The second-order valence-corrected chi connectivity index (χ2v) is 4.99. The first-order valence-electron chi connectivity index (χ1n) is 6.94. The van der Waals surface area contributed by atoms with Crippen molar-refractivity contribution in [3.63, 3.8) is 0 Å². The van der Waals surface area contributed by atoms with Crippen molar-refractivity contribution >= 4 is 0 Å². The standard InChI is InChI=1S/C16H20F2N2/c1-3-8-19-12(2)16-5-4-9-20(16)11-13-6-7-14(17)15(18)10-13/h4-7,9-10,12,19H,3,8,11H2,1-2H3. The van der Waals surface area contributed by atoms with Gasteiger partial charge in [-0.25, -0.2) is 8.78 Å². The molecule has 20 heavy (non-hydrogen) atoms. The highest BCUT2D eigenvalue weighted by Crippen LogP contribution is 2.16. The maximum Gasteiger partial charge on any atom is 0.159 e. The highest BCUT2D eigenvalue weighted by atomic mass is 19.2. The highest BCUT2D eigenvalue weighted by Gasteiger charge is 2.10. The number of halogens is 2. The maximum absolute atomic E-state index is 13.2. The summed E-state index contributed by atoms with van der Waals surface area (Å²) in [5, 5.41) is 3.43. The van der Waals surface area contributed by atoms with Gasteiger partial charge < -0.3 is 9.88 Å². The molecule has 108 valence electrons. The van der Waals surface area contributed by atoms with Gasteiger partial charge in [-0.1, -0.05) is 13.0 Å². The van der Waals surface area contributed by atoms with Crippen LogP contribution >= 0.6 is 0 Å².